The molecular formula is C11H9ClF3N3. The Labute approximate surface area is 106 Å². The Bertz CT molecular complexity index is 570. The number of rotatable bonds is 1. The van der Waals surface area contributed by atoms with Crippen molar-refractivity contribution >= 4 is 11.6 Å². The van der Waals surface area contributed by atoms with Gasteiger partial charge in [0.25, 0.3) is 0 Å². The van der Waals surface area contributed by atoms with Crippen LogP contribution >= 0.6 is 11.6 Å². The van der Waals surface area contributed by atoms with Crippen LogP contribution in [-0.2, 0) is 6.18 Å². The van der Waals surface area contributed by atoms with Crippen molar-refractivity contribution < 1.29 is 13.2 Å². The number of nitrogens with zero attached hydrogens (tertiary/aromatic N) is 3. The molecule has 0 amide bonds. The Kier molecular flexibility index (Phi) is 3.06. The summed E-state index contributed by atoms with van der Waals surface area (Å²) in [5.74, 6) is 0.428. The van der Waals surface area contributed by atoms with E-state index in [0.717, 1.165) is 6.07 Å². The fourth-order valence-corrected chi connectivity index (χ4v) is 1.94. The predicted molar refractivity (Wildman–Crippen MR) is 60.8 cm³/mol. The van der Waals surface area contributed by atoms with Gasteiger partial charge in [0.05, 0.1) is 11.3 Å². The topological polar surface area (TPSA) is 30.7 Å². The van der Waals surface area contributed by atoms with Gasteiger partial charge in [0.2, 0.25) is 5.28 Å². The van der Waals surface area contributed by atoms with Crippen LogP contribution in [0.4, 0.5) is 13.2 Å². The normalized spacial score (nSPS) is 11.9. The predicted octanol–water partition coefficient (Wildman–Crippen LogP) is 3.56. The third kappa shape index (κ3) is 2.20. The molecule has 18 heavy (non-hydrogen) atoms. The van der Waals surface area contributed by atoms with Crippen LogP contribution in [0.2, 0.25) is 5.28 Å². The first-order valence-electron chi connectivity index (χ1n) is 5.06. The van der Waals surface area contributed by atoms with Gasteiger partial charge in [-0.05, 0) is 43.1 Å². The fraction of sp³-hybridized carbons (Fsp3) is 0.273. The van der Waals surface area contributed by atoms with E-state index in [9.17, 15) is 13.2 Å². The minimum Gasteiger partial charge on any atom is -0.270 e. The van der Waals surface area contributed by atoms with Crippen LogP contribution < -0.4 is 0 Å². The zero-order valence-corrected chi connectivity index (χ0v) is 10.3. The Morgan fingerprint density at radius 3 is 2.33 bits per heavy atom. The molecule has 2 aromatic rings. The molecule has 96 valence electrons. The molecule has 2 rings (SSSR count). The molecule has 3 nitrogen and oxygen atoms in total. The second kappa shape index (κ2) is 4.28. The van der Waals surface area contributed by atoms with E-state index in [2.05, 4.69) is 10.2 Å². The van der Waals surface area contributed by atoms with Crippen LogP contribution in [0.3, 0.4) is 0 Å². The van der Waals surface area contributed by atoms with Gasteiger partial charge in [0, 0.05) is 0 Å². The molecule has 0 unspecified atom stereocenters. The molecule has 7 heteroatoms. The quantitative estimate of drug-likeness (QED) is 0.797. The first kappa shape index (κ1) is 12.9. The first-order valence-corrected chi connectivity index (χ1v) is 5.44. The van der Waals surface area contributed by atoms with E-state index in [1.54, 1.807) is 13.0 Å². The molecule has 0 fully saturated rings. The Balaban J connectivity index is 2.62. The Morgan fingerprint density at radius 2 is 1.83 bits per heavy atom. The Morgan fingerprint density at radius 1 is 1.17 bits per heavy atom. The maximum Gasteiger partial charge on any atom is 0.416 e. The van der Waals surface area contributed by atoms with Crippen LogP contribution in [0.15, 0.2) is 18.2 Å². The van der Waals surface area contributed by atoms with Crippen molar-refractivity contribution in [3.8, 4) is 5.69 Å². The molecule has 1 heterocycles. The maximum absolute atomic E-state index is 12.8. The number of halogens is 4. The zero-order valence-electron chi connectivity index (χ0n) is 9.59. The summed E-state index contributed by atoms with van der Waals surface area (Å²) in [4.78, 5) is 0. The van der Waals surface area contributed by atoms with Crippen molar-refractivity contribution in [3.63, 3.8) is 0 Å². The highest BCUT2D eigenvalue weighted by Crippen LogP contribution is 2.33. The van der Waals surface area contributed by atoms with Gasteiger partial charge in [-0.2, -0.15) is 13.2 Å². The maximum atomic E-state index is 12.8. The van der Waals surface area contributed by atoms with Gasteiger partial charge < -0.3 is 0 Å². The molecule has 0 aliphatic heterocycles. The summed E-state index contributed by atoms with van der Waals surface area (Å²) in [7, 11) is 0. The molecule has 1 aromatic carbocycles. The van der Waals surface area contributed by atoms with Crippen molar-refractivity contribution in [2.24, 2.45) is 0 Å². The molecule has 0 saturated carbocycles. The van der Waals surface area contributed by atoms with Gasteiger partial charge in [-0.15, -0.1) is 10.2 Å². The molecule has 0 aliphatic rings. The van der Waals surface area contributed by atoms with E-state index in [1.807, 2.05) is 0 Å². The second-order valence-electron chi connectivity index (χ2n) is 3.85. The molecule has 0 atom stereocenters. The van der Waals surface area contributed by atoms with Crippen molar-refractivity contribution in [3.05, 3.63) is 40.4 Å². The van der Waals surface area contributed by atoms with Crippen LogP contribution in [0.5, 0.6) is 0 Å². The van der Waals surface area contributed by atoms with E-state index in [0.29, 0.717) is 11.5 Å². The largest absolute Gasteiger partial charge is 0.416 e. The van der Waals surface area contributed by atoms with Crippen LogP contribution in [0.25, 0.3) is 5.69 Å². The van der Waals surface area contributed by atoms with Crippen molar-refractivity contribution in [1.29, 1.82) is 0 Å². The van der Waals surface area contributed by atoms with Gasteiger partial charge in [-0.25, -0.2) is 0 Å². The first-order chi connectivity index (χ1) is 8.30. The van der Waals surface area contributed by atoms with E-state index in [4.69, 9.17) is 11.6 Å². The average molecular weight is 276 g/mol. The number of hydrogen-bond donors (Lipinski definition) is 0. The average Bonchev–Trinajstić information content (AvgIpc) is 2.58. The van der Waals surface area contributed by atoms with Crippen LogP contribution in [-0.4, -0.2) is 14.8 Å². The lowest BCUT2D eigenvalue weighted by molar-refractivity contribution is -0.138. The number of hydrogen-bond acceptors (Lipinski definition) is 2. The van der Waals surface area contributed by atoms with Crippen molar-refractivity contribution in [2.45, 2.75) is 20.0 Å². The summed E-state index contributed by atoms with van der Waals surface area (Å²) in [6.07, 6.45) is -4.39. The van der Waals surface area contributed by atoms with E-state index < -0.39 is 11.7 Å². The van der Waals surface area contributed by atoms with E-state index in [-0.39, 0.29) is 10.8 Å². The van der Waals surface area contributed by atoms with Gasteiger partial charge in [0.15, 0.2) is 0 Å². The highest BCUT2D eigenvalue weighted by atomic mass is 35.5. The number of aryl methyl sites for hydroxylation is 2. The fourth-order valence-electron chi connectivity index (χ4n) is 1.68. The lowest BCUT2D eigenvalue weighted by atomic mass is 10.1. The SMILES string of the molecule is Cc1ccc(-n2c(C)nnc2Cl)cc1C(F)(F)F. The van der Waals surface area contributed by atoms with E-state index in [1.165, 1.54) is 17.6 Å². The lowest BCUT2D eigenvalue weighted by Crippen LogP contribution is -2.09. The molecule has 0 bridgehead atoms. The summed E-state index contributed by atoms with van der Waals surface area (Å²) in [6, 6.07) is 3.98. The summed E-state index contributed by atoms with van der Waals surface area (Å²) >= 11 is 5.79. The van der Waals surface area contributed by atoms with Crippen LogP contribution in [0.1, 0.15) is 17.0 Å². The third-order valence-corrected chi connectivity index (χ3v) is 2.81. The van der Waals surface area contributed by atoms with Gasteiger partial charge >= 0.3 is 6.18 Å². The summed E-state index contributed by atoms with van der Waals surface area (Å²) in [5, 5.41) is 7.34. The minimum absolute atomic E-state index is 0.0319. The smallest absolute Gasteiger partial charge is 0.270 e. The number of benzene rings is 1. The number of aromatic nitrogens is 3. The second-order valence-corrected chi connectivity index (χ2v) is 4.19. The van der Waals surface area contributed by atoms with Gasteiger partial charge in [0.1, 0.15) is 5.82 Å². The van der Waals surface area contributed by atoms with E-state index >= 15 is 0 Å². The highest BCUT2D eigenvalue weighted by molar-refractivity contribution is 6.28. The van der Waals surface area contributed by atoms with Gasteiger partial charge in [-0.3, -0.25) is 4.57 Å². The number of alkyl halides is 3. The summed E-state index contributed by atoms with van der Waals surface area (Å²) in [6.45, 7) is 3.03. The monoisotopic (exact) mass is 275 g/mol. The molecule has 0 radical (unpaired) electrons. The standard InChI is InChI=1S/C11H9ClF3N3/c1-6-3-4-8(5-9(6)11(13,14)15)18-7(2)16-17-10(18)12/h3-5H,1-2H3. The molecule has 0 aliphatic carbocycles. The lowest BCUT2D eigenvalue weighted by Gasteiger charge is -2.13. The Hall–Kier alpha value is -1.56. The third-order valence-electron chi connectivity index (χ3n) is 2.57. The summed E-state index contributed by atoms with van der Waals surface area (Å²) in [5.41, 5.74) is -0.238. The zero-order chi connectivity index (χ0) is 13.5. The molecule has 0 N–H and O–H groups in total. The van der Waals surface area contributed by atoms with Crippen molar-refractivity contribution in [1.82, 2.24) is 14.8 Å². The molecule has 0 spiro atoms. The molecular weight excluding hydrogens is 267 g/mol. The van der Waals surface area contributed by atoms with Gasteiger partial charge in [-0.1, -0.05) is 6.07 Å². The highest BCUT2D eigenvalue weighted by Gasteiger charge is 2.32. The summed E-state index contributed by atoms with van der Waals surface area (Å²) < 4.78 is 39.8. The van der Waals surface area contributed by atoms with Crippen LogP contribution in [0, 0.1) is 13.8 Å². The van der Waals surface area contributed by atoms with Crippen molar-refractivity contribution in [2.75, 3.05) is 0 Å². The minimum atomic E-state index is -4.39. The molecule has 0 saturated heterocycles. The molecule has 1 aromatic heterocycles.